The molecule has 0 saturated carbocycles. The molecule has 1 N–H and O–H groups in total. The van der Waals surface area contributed by atoms with Gasteiger partial charge in [-0.05, 0) is 19.1 Å². The first-order chi connectivity index (χ1) is 7.00. The first kappa shape index (κ1) is 11.1. The quantitative estimate of drug-likeness (QED) is 0.599. The molecule has 0 bridgehead atoms. The van der Waals surface area contributed by atoms with E-state index in [4.69, 9.17) is 5.11 Å². The van der Waals surface area contributed by atoms with Crippen molar-refractivity contribution >= 4 is 17.5 Å². The van der Waals surface area contributed by atoms with Crippen LogP contribution in [0.3, 0.4) is 0 Å². The zero-order valence-corrected chi connectivity index (χ0v) is 8.19. The molecular formula is C11H10O4. The molecule has 1 aromatic rings. The largest absolute Gasteiger partial charge is 0.478 e. The molecule has 0 unspecified atom stereocenters. The smallest absolute Gasteiger partial charge is 0.335 e. The van der Waals surface area contributed by atoms with Crippen LogP contribution in [0.1, 0.15) is 34.1 Å². The molecule has 0 heterocycles. The molecule has 15 heavy (non-hydrogen) atoms. The van der Waals surface area contributed by atoms with E-state index in [0.717, 1.165) is 0 Å². The maximum absolute atomic E-state index is 11.4. The van der Waals surface area contributed by atoms with Crippen molar-refractivity contribution in [1.82, 2.24) is 0 Å². The van der Waals surface area contributed by atoms with Crippen LogP contribution < -0.4 is 0 Å². The predicted molar refractivity (Wildman–Crippen MR) is 53.0 cm³/mol. The third kappa shape index (κ3) is 3.02. The molecule has 0 radical (unpaired) electrons. The zero-order valence-electron chi connectivity index (χ0n) is 8.19. The summed E-state index contributed by atoms with van der Waals surface area (Å²) in [5, 5.41) is 8.62. The molecule has 4 heteroatoms. The number of ketones is 2. The molecule has 0 saturated heterocycles. The summed E-state index contributed by atoms with van der Waals surface area (Å²) in [4.78, 5) is 32.6. The summed E-state index contributed by atoms with van der Waals surface area (Å²) in [5.41, 5.74) is 0.476. The Hall–Kier alpha value is -1.97. The van der Waals surface area contributed by atoms with Gasteiger partial charge in [-0.3, -0.25) is 9.59 Å². The molecule has 0 spiro atoms. The average Bonchev–Trinajstić information content (AvgIpc) is 2.17. The van der Waals surface area contributed by atoms with E-state index in [1.165, 1.54) is 31.2 Å². The molecule has 1 rings (SSSR count). The van der Waals surface area contributed by atoms with Crippen LogP contribution in [0.2, 0.25) is 0 Å². The van der Waals surface area contributed by atoms with Crippen molar-refractivity contribution in [3.63, 3.8) is 0 Å². The molecule has 0 atom stereocenters. The molecule has 0 amide bonds. The second-order valence-corrected chi connectivity index (χ2v) is 3.18. The standard InChI is InChI=1S/C11H10O4/c1-7(12)6-10(13)8-2-4-9(5-3-8)11(14)15/h2-5H,6H2,1H3,(H,14,15). The van der Waals surface area contributed by atoms with Gasteiger partial charge in [-0.2, -0.15) is 0 Å². The minimum atomic E-state index is -1.04. The van der Waals surface area contributed by atoms with Crippen LogP contribution in [0.25, 0.3) is 0 Å². The van der Waals surface area contributed by atoms with Crippen LogP contribution in [0, 0.1) is 0 Å². The number of aromatic carboxylic acids is 1. The van der Waals surface area contributed by atoms with E-state index in [9.17, 15) is 14.4 Å². The van der Waals surface area contributed by atoms with Crippen molar-refractivity contribution in [2.75, 3.05) is 0 Å². The van der Waals surface area contributed by atoms with Gasteiger partial charge in [0.15, 0.2) is 5.78 Å². The van der Waals surface area contributed by atoms with E-state index < -0.39 is 5.97 Å². The van der Waals surface area contributed by atoms with Gasteiger partial charge in [-0.25, -0.2) is 4.79 Å². The molecule has 0 aliphatic rings. The van der Waals surface area contributed by atoms with Gasteiger partial charge in [0.05, 0.1) is 12.0 Å². The van der Waals surface area contributed by atoms with Crippen molar-refractivity contribution in [3.05, 3.63) is 35.4 Å². The van der Waals surface area contributed by atoms with Crippen molar-refractivity contribution in [3.8, 4) is 0 Å². The topological polar surface area (TPSA) is 71.4 Å². The monoisotopic (exact) mass is 206 g/mol. The lowest BCUT2D eigenvalue weighted by molar-refractivity contribution is -0.116. The van der Waals surface area contributed by atoms with E-state index in [1.807, 2.05) is 0 Å². The van der Waals surface area contributed by atoms with Crippen LogP contribution in [0.15, 0.2) is 24.3 Å². The number of carbonyl (C=O) groups excluding carboxylic acids is 2. The highest BCUT2D eigenvalue weighted by molar-refractivity contribution is 6.07. The van der Waals surface area contributed by atoms with Crippen LogP contribution in [-0.4, -0.2) is 22.6 Å². The van der Waals surface area contributed by atoms with Crippen molar-refractivity contribution < 1.29 is 19.5 Å². The highest BCUT2D eigenvalue weighted by Gasteiger charge is 2.09. The third-order valence-corrected chi connectivity index (χ3v) is 1.86. The van der Waals surface area contributed by atoms with E-state index >= 15 is 0 Å². The Morgan fingerprint density at radius 1 is 1.07 bits per heavy atom. The summed E-state index contributed by atoms with van der Waals surface area (Å²) in [6, 6.07) is 5.51. The number of hydrogen-bond acceptors (Lipinski definition) is 3. The Labute approximate surface area is 86.5 Å². The lowest BCUT2D eigenvalue weighted by Gasteiger charge is -1.99. The Morgan fingerprint density at radius 3 is 1.93 bits per heavy atom. The normalized spacial score (nSPS) is 9.67. The van der Waals surface area contributed by atoms with E-state index in [-0.39, 0.29) is 23.6 Å². The minimum Gasteiger partial charge on any atom is -0.478 e. The predicted octanol–water partition coefficient (Wildman–Crippen LogP) is 1.55. The second kappa shape index (κ2) is 4.50. The number of hydrogen-bond donors (Lipinski definition) is 1. The number of Topliss-reactive ketones (excluding diaryl/α,β-unsaturated/α-hetero) is 2. The summed E-state index contributed by atoms with van der Waals surface area (Å²) in [6.07, 6.45) is -0.146. The fourth-order valence-corrected chi connectivity index (χ4v) is 1.13. The highest BCUT2D eigenvalue weighted by Crippen LogP contribution is 2.07. The van der Waals surface area contributed by atoms with Crippen molar-refractivity contribution in [2.24, 2.45) is 0 Å². The van der Waals surface area contributed by atoms with Gasteiger partial charge >= 0.3 is 5.97 Å². The SMILES string of the molecule is CC(=O)CC(=O)c1ccc(C(=O)O)cc1. The van der Waals surface area contributed by atoms with Gasteiger partial charge in [0, 0.05) is 5.56 Å². The summed E-state index contributed by atoms with van der Waals surface area (Å²) in [6.45, 7) is 1.34. The molecular weight excluding hydrogens is 196 g/mol. The Morgan fingerprint density at radius 2 is 1.53 bits per heavy atom. The number of benzene rings is 1. The van der Waals surface area contributed by atoms with Gasteiger partial charge in [-0.1, -0.05) is 12.1 Å². The number of carboxylic acids is 1. The third-order valence-electron chi connectivity index (χ3n) is 1.86. The molecule has 0 fully saturated rings. The summed E-state index contributed by atoms with van der Waals surface area (Å²) < 4.78 is 0. The van der Waals surface area contributed by atoms with Gasteiger partial charge in [-0.15, -0.1) is 0 Å². The first-order valence-corrected chi connectivity index (χ1v) is 4.36. The van der Waals surface area contributed by atoms with Crippen LogP contribution in [0.5, 0.6) is 0 Å². The Kier molecular flexibility index (Phi) is 3.33. The van der Waals surface area contributed by atoms with Gasteiger partial charge in [0.2, 0.25) is 0 Å². The molecule has 78 valence electrons. The molecule has 0 aliphatic carbocycles. The van der Waals surface area contributed by atoms with Crippen LogP contribution >= 0.6 is 0 Å². The highest BCUT2D eigenvalue weighted by atomic mass is 16.4. The van der Waals surface area contributed by atoms with E-state index in [2.05, 4.69) is 0 Å². The Bertz CT molecular complexity index is 403. The number of rotatable bonds is 4. The lowest BCUT2D eigenvalue weighted by Crippen LogP contribution is -2.05. The maximum atomic E-state index is 11.4. The molecule has 4 nitrogen and oxygen atoms in total. The number of carbonyl (C=O) groups is 3. The maximum Gasteiger partial charge on any atom is 0.335 e. The fraction of sp³-hybridized carbons (Fsp3) is 0.182. The summed E-state index contributed by atoms with van der Waals surface area (Å²) in [7, 11) is 0. The molecule has 0 aliphatic heterocycles. The minimum absolute atomic E-state index is 0.120. The fourth-order valence-electron chi connectivity index (χ4n) is 1.13. The van der Waals surface area contributed by atoms with Crippen molar-refractivity contribution in [1.29, 1.82) is 0 Å². The van der Waals surface area contributed by atoms with Crippen LogP contribution in [0.4, 0.5) is 0 Å². The second-order valence-electron chi connectivity index (χ2n) is 3.18. The average molecular weight is 206 g/mol. The summed E-state index contributed by atoms with van der Waals surface area (Å²) >= 11 is 0. The first-order valence-electron chi connectivity index (χ1n) is 4.36. The Balaban J connectivity index is 2.84. The van der Waals surface area contributed by atoms with Gasteiger partial charge < -0.3 is 5.11 Å². The van der Waals surface area contributed by atoms with E-state index in [0.29, 0.717) is 5.56 Å². The zero-order chi connectivity index (χ0) is 11.4. The van der Waals surface area contributed by atoms with E-state index in [1.54, 1.807) is 0 Å². The molecule has 1 aromatic carbocycles. The van der Waals surface area contributed by atoms with Crippen LogP contribution in [-0.2, 0) is 4.79 Å². The summed E-state index contributed by atoms with van der Waals surface area (Å²) in [5.74, 6) is -1.54. The molecule has 0 aromatic heterocycles. The van der Waals surface area contributed by atoms with Gasteiger partial charge in [0.25, 0.3) is 0 Å². The van der Waals surface area contributed by atoms with Gasteiger partial charge in [0.1, 0.15) is 5.78 Å². The van der Waals surface area contributed by atoms with Crippen molar-refractivity contribution in [2.45, 2.75) is 13.3 Å². The number of carboxylic acid groups (broad SMARTS) is 1. The lowest BCUT2D eigenvalue weighted by atomic mass is 10.0.